The summed E-state index contributed by atoms with van der Waals surface area (Å²) >= 11 is 5.97. The van der Waals surface area contributed by atoms with Gasteiger partial charge in [-0.15, -0.1) is 0 Å². The fourth-order valence-corrected chi connectivity index (χ4v) is 2.60. The number of likely N-dealkylation sites (N-methyl/N-ethyl adjacent to an activating group) is 1. The molecule has 1 fully saturated rings. The summed E-state index contributed by atoms with van der Waals surface area (Å²) < 4.78 is 5.36. The van der Waals surface area contributed by atoms with E-state index < -0.39 is 5.60 Å². The summed E-state index contributed by atoms with van der Waals surface area (Å²) in [6, 6.07) is 8.35. The van der Waals surface area contributed by atoms with E-state index in [1.54, 1.807) is 11.9 Å². The largest absolute Gasteiger partial charge is 0.444 e. The lowest BCUT2D eigenvalue weighted by Crippen LogP contribution is -2.39. The van der Waals surface area contributed by atoms with Gasteiger partial charge in [-0.25, -0.2) is 4.79 Å². The molecule has 2 rings (SSSR count). The van der Waals surface area contributed by atoms with E-state index in [0.717, 1.165) is 11.6 Å². The van der Waals surface area contributed by atoms with Crippen LogP contribution in [0.25, 0.3) is 0 Å². The smallest absolute Gasteiger partial charge is 0.410 e. The molecule has 1 aliphatic rings. The van der Waals surface area contributed by atoms with Crippen molar-refractivity contribution in [2.45, 2.75) is 45.3 Å². The van der Waals surface area contributed by atoms with Crippen LogP contribution in [0.4, 0.5) is 4.79 Å². The molecule has 1 aliphatic carbocycles. The quantitative estimate of drug-likeness (QED) is 0.843. The van der Waals surface area contributed by atoms with Crippen LogP contribution in [0, 0.1) is 5.92 Å². The number of carbonyl (C=O) groups excluding carboxylic acids is 1. The fraction of sp³-hybridized carbons (Fsp3) is 0.611. The number of rotatable bonds is 6. The number of amides is 1. The van der Waals surface area contributed by atoms with Gasteiger partial charge in [0.2, 0.25) is 0 Å². The Bertz CT molecular complexity index is 521. The van der Waals surface area contributed by atoms with Crippen molar-refractivity contribution in [3.63, 3.8) is 0 Å². The molecule has 0 radical (unpaired) electrons. The lowest BCUT2D eigenvalue weighted by Gasteiger charge is -2.26. The second-order valence-electron chi connectivity index (χ2n) is 7.22. The Morgan fingerprint density at radius 2 is 1.96 bits per heavy atom. The van der Waals surface area contributed by atoms with E-state index in [9.17, 15) is 4.79 Å². The second-order valence-corrected chi connectivity index (χ2v) is 7.66. The monoisotopic (exact) mass is 338 g/mol. The van der Waals surface area contributed by atoms with Crippen LogP contribution in [0.5, 0.6) is 0 Å². The van der Waals surface area contributed by atoms with E-state index in [1.807, 2.05) is 32.9 Å². The first kappa shape index (κ1) is 18.1. The maximum atomic E-state index is 11.9. The van der Waals surface area contributed by atoms with Crippen molar-refractivity contribution in [1.29, 1.82) is 0 Å². The molecule has 1 saturated carbocycles. The van der Waals surface area contributed by atoms with Gasteiger partial charge in [0.15, 0.2) is 0 Å². The molecule has 1 amide bonds. The topological polar surface area (TPSA) is 41.6 Å². The molecule has 1 N–H and O–H groups in total. The molecule has 128 valence electrons. The minimum absolute atomic E-state index is 0.284. The van der Waals surface area contributed by atoms with Crippen LogP contribution in [0.15, 0.2) is 24.3 Å². The van der Waals surface area contributed by atoms with Gasteiger partial charge < -0.3 is 15.0 Å². The van der Waals surface area contributed by atoms with Crippen LogP contribution in [0.1, 0.15) is 45.2 Å². The Labute approximate surface area is 144 Å². The van der Waals surface area contributed by atoms with Crippen molar-refractivity contribution in [1.82, 2.24) is 10.2 Å². The molecule has 0 spiro atoms. The summed E-state index contributed by atoms with van der Waals surface area (Å²) in [7, 11) is 1.77. The number of carbonyl (C=O) groups is 1. The van der Waals surface area contributed by atoms with Crippen LogP contribution in [0.3, 0.4) is 0 Å². The van der Waals surface area contributed by atoms with E-state index in [-0.39, 0.29) is 6.09 Å². The molecule has 0 bridgehead atoms. The van der Waals surface area contributed by atoms with E-state index in [1.165, 1.54) is 18.4 Å². The molecule has 1 unspecified atom stereocenters. The van der Waals surface area contributed by atoms with Crippen LogP contribution in [-0.4, -0.2) is 36.7 Å². The van der Waals surface area contributed by atoms with Crippen LogP contribution >= 0.6 is 11.6 Å². The average Bonchev–Trinajstić information content (AvgIpc) is 3.27. The van der Waals surface area contributed by atoms with Gasteiger partial charge in [-0.3, -0.25) is 0 Å². The zero-order chi connectivity index (χ0) is 17.0. The first-order valence-electron chi connectivity index (χ1n) is 8.19. The molecule has 5 heteroatoms. The summed E-state index contributed by atoms with van der Waals surface area (Å²) in [6.07, 6.45) is 2.22. The molecule has 0 saturated heterocycles. The molecule has 1 aromatic rings. The number of hydrogen-bond donors (Lipinski definition) is 1. The molecule has 0 aliphatic heterocycles. The van der Waals surface area contributed by atoms with Gasteiger partial charge in [0.05, 0.1) is 0 Å². The lowest BCUT2D eigenvalue weighted by molar-refractivity contribution is 0.0299. The summed E-state index contributed by atoms with van der Waals surface area (Å²) in [5.74, 6) is 0.683. The molecular weight excluding hydrogens is 312 g/mol. The maximum Gasteiger partial charge on any atom is 0.410 e. The first-order valence-corrected chi connectivity index (χ1v) is 8.57. The molecule has 1 atom stereocenters. The lowest BCUT2D eigenvalue weighted by atomic mass is 10.0. The summed E-state index contributed by atoms with van der Waals surface area (Å²) in [6.45, 7) is 6.98. The first-order chi connectivity index (χ1) is 10.8. The number of benzene rings is 1. The third-order valence-corrected chi connectivity index (χ3v) is 4.09. The van der Waals surface area contributed by atoms with E-state index in [4.69, 9.17) is 16.3 Å². The van der Waals surface area contributed by atoms with E-state index in [0.29, 0.717) is 18.5 Å². The summed E-state index contributed by atoms with van der Waals surface area (Å²) in [5.41, 5.74) is 0.801. The van der Waals surface area contributed by atoms with Gasteiger partial charge in [0.25, 0.3) is 0 Å². The van der Waals surface area contributed by atoms with Crippen LogP contribution in [-0.2, 0) is 4.74 Å². The third-order valence-electron chi connectivity index (χ3n) is 3.84. The fourth-order valence-electron chi connectivity index (χ4n) is 2.48. The molecule has 4 nitrogen and oxygen atoms in total. The zero-order valence-electron chi connectivity index (χ0n) is 14.4. The molecule has 23 heavy (non-hydrogen) atoms. The third kappa shape index (κ3) is 6.04. The number of hydrogen-bond acceptors (Lipinski definition) is 3. The highest BCUT2D eigenvalue weighted by molar-refractivity contribution is 6.30. The number of halogens is 1. The van der Waals surface area contributed by atoms with Crippen molar-refractivity contribution in [2.24, 2.45) is 5.92 Å². The Kier molecular flexibility index (Phi) is 5.93. The number of ether oxygens (including phenoxy) is 1. The van der Waals surface area contributed by atoms with Gasteiger partial charge in [0.1, 0.15) is 5.60 Å². The highest BCUT2D eigenvalue weighted by Crippen LogP contribution is 2.41. The molecular formula is C18H27ClN2O2. The SMILES string of the molecule is CN(CCNC(c1ccc(Cl)cc1)C1CC1)C(=O)OC(C)(C)C. The Hall–Kier alpha value is -1.26. The number of nitrogens with zero attached hydrogens (tertiary/aromatic N) is 1. The zero-order valence-corrected chi connectivity index (χ0v) is 15.2. The van der Waals surface area contributed by atoms with Gasteiger partial charge in [-0.05, 0) is 57.2 Å². The molecule has 0 aromatic heterocycles. The van der Waals surface area contributed by atoms with Gasteiger partial charge in [-0.1, -0.05) is 23.7 Å². The van der Waals surface area contributed by atoms with Gasteiger partial charge >= 0.3 is 6.09 Å². The normalized spacial score (nSPS) is 16.0. The minimum atomic E-state index is -0.460. The van der Waals surface area contributed by atoms with Crippen LogP contribution in [0.2, 0.25) is 5.02 Å². The summed E-state index contributed by atoms with van der Waals surface area (Å²) in [4.78, 5) is 13.6. The average molecular weight is 339 g/mol. The highest BCUT2D eigenvalue weighted by atomic mass is 35.5. The van der Waals surface area contributed by atoms with Crippen molar-refractivity contribution in [3.8, 4) is 0 Å². The minimum Gasteiger partial charge on any atom is -0.444 e. The predicted octanol–water partition coefficient (Wildman–Crippen LogP) is 4.25. The predicted molar refractivity (Wildman–Crippen MR) is 93.8 cm³/mol. The molecule has 1 aromatic carbocycles. The standard InChI is InChI=1S/C18H27ClN2O2/c1-18(2,3)23-17(22)21(4)12-11-20-16(13-5-6-13)14-7-9-15(19)10-8-14/h7-10,13,16,20H,5-6,11-12H2,1-4H3. The molecule has 0 heterocycles. The Balaban J connectivity index is 1.83. The summed E-state index contributed by atoms with van der Waals surface area (Å²) in [5, 5.41) is 4.33. The highest BCUT2D eigenvalue weighted by Gasteiger charge is 2.32. The van der Waals surface area contributed by atoms with E-state index >= 15 is 0 Å². The van der Waals surface area contributed by atoms with Crippen molar-refractivity contribution < 1.29 is 9.53 Å². The van der Waals surface area contributed by atoms with Crippen LogP contribution < -0.4 is 5.32 Å². The van der Waals surface area contributed by atoms with Crippen molar-refractivity contribution in [3.05, 3.63) is 34.9 Å². The number of nitrogens with one attached hydrogen (secondary N) is 1. The van der Waals surface area contributed by atoms with Gasteiger partial charge in [0, 0.05) is 31.2 Å². The second kappa shape index (κ2) is 7.54. The van der Waals surface area contributed by atoms with Crippen molar-refractivity contribution in [2.75, 3.05) is 20.1 Å². The Morgan fingerprint density at radius 1 is 1.35 bits per heavy atom. The van der Waals surface area contributed by atoms with Gasteiger partial charge in [-0.2, -0.15) is 0 Å². The maximum absolute atomic E-state index is 11.9. The Morgan fingerprint density at radius 3 is 2.48 bits per heavy atom. The van der Waals surface area contributed by atoms with Crippen molar-refractivity contribution >= 4 is 17.7 Å². The van der Waals surface area contributed by atoms with E-state index in [2.05, 4.69) is 17.4 Å².